The zero-order valence-corrected chi connectivity index (χ0v) is 11.4. The van der Waals surface area contributed by atoms with Crippen LogP contribution in [0.2, 0.25) is 0 Å². The van der Waals surface area contributed by atoms with E-state index in [2.05, 4.69) is 13.5 Å². The molecule has 1 unspecified atom stereocenters. The number of carbonyl (C=O) groups excluding carboxylic acids is 1. The number of aliphatic carboxylic acids is 1. The van der Waals surface area contributed by atoms with Crippen molar-refractivity contribution in [2.75, 3.05) is 0 Å². The minimum absolute atomic E-state index is 0.0262. The molecule has 0 aliphatic heterocycles. The van der Waals surface area contributed by atoms with Crippen LogP contribution in [0.4, 0.5) is 0 Å². The van der Waals surface area contributed by atoms with Crippen molar-refractivity contribution < 1.29 is 14.7 Å². The number of ketones is 1. The zero-order chi connectivity index (χ0) is 13.7. The van der Waals surface area contributed by atoms with Crippen molar-refractivity contribution in [2.45, 2.75) is 52.4 Å². The fourth-order valence-electron chi connectivity index (χ4n) is 2.54. The molecule has 1 N–H and O–H groups in total. The van der Waals surface area contributed by atoms with Gasteiger partial charge in [0.25, 0.3) is 0 Å². The second-order valence-corrected chi connectivity index (χ2v) is 5.69. The van der Waals surface area contributed by atoms with Gasteiger partial charge in [-0.1, -0.05) is 26.8 Å². The molecule has 0 spiro atoms. The first-order valence-electron chi connectivity index (χ1n) is 6.86. The predicted octanol–water partition coefficient (Wildman–Crippen LogP) is 3.44. The van der Waals surface area contributed by atoms with Gasteiger partial charge in [-0.2, -0.15) is 0 Å². The molecule has 0 amide bonds. The first-order chi connectivity index (χ1) is 8.41. The SMILES string of the molecule is C=C(C(=O)O)[C@@H]1CCC(C)C(=O)CC[C@H](C)CC1. The smallest absolute Gasteiger partial charge is 0.331 e. The maximum atomic E-state index is 11.8. The van der Waals surface area contributed by atoms with Gasteiger partial charge in [0.15, 0.2) is 0 Å². The molecule has 3 heteroatoms. The second-order valence-electron chi connectivity index (χ2n) is 5.69. The van der Waals surface area contributed by atoms with Gasteiger partial charge in [0.05, 0.1) is 0 Å². The van der Waals surface area contributed by atoms with E-state index in [9.17, 15) is 9.59 Å². The first-order valence-corrected chi connectivity index (χ1v) is 6.86. The van der Waals surface area contributed by atoms with E-state index in [4.69, 9.17) is 5.11 Å². The molecule has 0 saturated heterocycles. The number of carboxylic acid groups (broad SMARTS) is 1. The summed E-state index contributed by atoms with van der Waals surface area (Å²) in [6, 6.07) is 0. The number of hydrogen-bond acceptors (Lipinski definition) is 2. The standard InChI is InChI=1S/C15H24O3/c1-10-4-7-13(12(3)15(17)18)8-6-11(2)14(16)9-5-10/h10-11,13H,3-9H2,1-2H3,(H,17,18)/t10-,11?,13+/m1/s1. The molecule has 1 saturated carbocycles. The molecular formula is C15H24O3. The van der Waals surface area contributed by atoms with Gasteiger partial charge in [0.1, 0.15) is 5.78 Å². The Hall–Kier alpha value is -1.12. The quantitative estimate of drug-likeness (QED) is 0.766. The van der Waals surface area contributed by atoms with E-state index < -0.39 is 5.97 Å². The molecule has 1 rings (SSSR count). The summed E-state index contributed by atoms with van der Waals surface area (Å²) in [5.41, 5.74) is 0.308. The molecule has 102 valence electrons. The Balaban J connectivity index is 2.71. The Morgan fingerprint density at radius 1 is 1.17 bits per heavy atom. The summed E-state index contributed by atoms with van der Waals surface area (Å²) in [6.07, 6.45) is 5.02. The molecule has 0 heterocycles. The molecule has 1 aliphatic rings. The van der Waals surface area contributed by atoms with E-state index >= 15 is 0 Å². The summed E-state index contributed by atoms with van der Waals surface area (Å²) >= 11 is 0. The van der Waals surface area contributed by atoms with Crippen LogP contribution in [-0.4, -0.2) is 16.9 Å². The summed E-state index contributed by atoms with van der Waals surface area (Å²) in [5.74, 6) is -0.00632. The van der Waals surface area contributed by atoms with Crippen molar-refractivity contribution in [3.63, 3.8) is 0 Å². The third kappa shape index (κ3) is 4.28. The molecule has 0 radical (unpaired) electrons. The number of hydrogen-bond donors (Lipinski definition) is 1. The Bertz CT molecular complexity index is 333. The molecule has 0 aromatic carbocycles. The number of Topliss-reactive ketones (excluding diaryl/α,β-unsaturated/α-hetero) is 1. The number of rotatable bonds is 2. The fraction of sp³-hybridized carbons (Fsp3) is 0.733. The van der Waals surface area contributed by atoms with Crippen molar-refractivity contribution in [1.29, 1.82) is 0 Å². The van der Waals surface area contributed by atoms with Gasteiger partial charge < -0.3 is 5.11 Å². The number of carboxylic acids is 1. The molecule has 18 heavy (non-hydrogen) atoms. The van der Waals surface area contributed by atoms with Crippen LogP contribution >= 0.6 is 0 Å². The minimum atomic E-state index is -0.899. The molecule has 0 bridgehead atoms. The van der Waals surface area contributed by atoms with Crippen LogP contribution in [0, 0.1) is 17.8 Å². The summed E-state index contributed by atoms with van der Waals surface area (Å²) < 4.78 is 0. The van der Waals surface area contributed by atoms with Crippen molar-refractivity contribution >= 4 is 11.8 Å². The number of carbonyl (C=O) groups is 2. The molecule has 0 aromatic heterocycles. The van der Waals surface area contributed by atoms with Gasteiger partial charge >= 0.3 is 5.97 Å². The van der Waals surface area contributed by atoms with Gasteiger partial charge in [-0.3, -0.25) is 4.79 Å². The normalized spacial score (nSPS) is 30.8. The minimum Gasteiger partial charge on any atom is -0.478 e. The van der Waals surface area contributed by atoms with Crippen molar-refractivity contribution in [1.82, 2.24) is 0 Å². The average molecular weight is 252 g/mol. The van der Waals surface area contributed by atoms with Crippen LogP contribution in [0.3, 0.4) is 0 Å². The van der Waals surface area contributed by atoms with Crippen LogP contribution in [0.1, 0.15) is 52.4 Å². The molecule has 3 nitrogen and oxygen atoms in total. The first kappa shape index (κ1) is 14.9. The lowest BCUT2D eigenvalue weighted by Gasteiger charge is -2.23. The van der Waals surface area contributed by atoms with Crippen LogP contribution in [0.25, 0.3) is 0 Å². The van der Waals surface area contributed by atoms with E-state index in [1.807, 2.05) is 6.92 Å². The highest BCUT2D eigenvalue weighted by Gasteiger charge is 2.23. The van der Waals surface area contributed by atoms with Crippen LogP contribution in [0.15, 0.2) is 12.2 Å². The van der Waals surface area contributed by atoms with E-state index in [-0.39, 0.29) is 11.8 Å². The van der Waals surface area contributed by atoms with Crippen molar-refractivity contribution in [3.8, 4) is 0 Å². The highest BCUT2D eigenvalue weighted by molar-refractivity contribution is 5.86. The van der Waals surface area contributed by atoms with Crippen molar-refractivity contribution in [2.24, 2.45) is 17.8 Å². The Morgan fingerprint density at radius 2 is 1.78 bits per heavy atom. The highest BCUT2D eigenvalue weighted by Crippen LogP contribution is 2.29. The van der Waals surface area contributed by atoms with Crippen molar-refractivity contribution in [3.05, 3.63) is 12.2 Å². The van der Waals surface area contributed by atoms with Gasteiger partial charge in [-0.15, -0.1) is 0 Å². The van der Waals surface area contributed by atoms with E-state index in [1.54, 1.807) is 0 Å². The third-order valence-corrected chi connectivity index (χ3v) is 4.16. The van der Waals surface area contributed by atoms with E-state index in [0.717, 1.165) is 32.1 Å². The lowest BCUT2D eigenvalue weighted by molar-refractivity contribution is -0.133. The Labute approximate surface area is 109 Å². The van der Waals surface area contributed by atoms with Gasteiger partial charge in [-0.25, -0.2) is 4.79 Å². The molecule has 1 aliphatic carbocycles. The largest absolute Gasteiger partial charge is 0.478 e. The lowest BCUT2D eigenvalue weighted by Crippen LogP contribution is -2.19. The second kappa shape index (κ2) is 6.72. The molecular weight excluding hydrogens is 228 g/mol. The molecule has 0 aromatic rings. The lowest BCUT2D eigenvalue weighted by atomic mass is 9.81. The fourth-order valence-corrected chi connectivity index (χ4v) is 2.54. The van der Waals surface area contributed by atoms with Gasteiger partial charge in [-0.05, 0) is 37.5 Å². The Kier molecular flexibility index (Phi) is 5.57. The molecule has 1 fully saturated rings. The monoisotopic (exact) mass is 252 g/mol. The summed E-state index contributed by atoms with van der Waals surface area (Å²) in [6.45, 7) is 7.78. The maximum Gasteiger partial charge on any atom is 0.331 e. The maximum absolute atomic E-state index is 11.8. The van der Waals surface area contributed by atoms with Gasteiger partial charge in [0.2, 0.25) is 0 Å². The molecule has 3 atom stereocenters. The third-order valence-electron chi connectivity index (χ3n) is 4.16. The van der Waals surface area contributed by atoms with E-state index in [1.165, 1.54) is 0 Å². The Morgan fingerprint density at radius 3 is 2.39 bits per heavy atom. The summed E-state index contributed by atoms with van der Waals surface area (Å²) in [4.78, 5) is 22.9. The van der Waals surface area contributed by atoms with Crippen LogP contribution < -0.4 is 0 Å². The predicted molar refractivity (Wildman–Crippen MR) is 71.3 cm³/mol. The topological polar surface area (TPSA) is 54.4 Å². The zero-order valence-electron chi connectivity index (χ0n) is 11.4. The highest BCUT2D eigenvalue weighted by atomic mass is 16.4. The summed E-state index contributed by atoms with van der Waals surface area (Å²) in [7, 11) is 0. The summed E-state index contributed by atoms with van der Waals surface area (Å²) in [5, 5.41) is 9.04. The van der Waals surface area contributed by atoms with Gasteiger partial charge in [0, 0.05) is 17.9 Å². The van der Waals surface area contributed by atoms with Crippen LogP contribution in [-0.2, 0) is 9.59 Å². The van der Waals surface area contributed by atoms with E-state index in [0.29, 0.717) is 23.7 Å². The van der Waals surface area contributed by atoms with Crippen LogP contribution in [0.5, 0.6) is 0 Å². The average Bonchev–Trinajstić information content (AvgIpc) is 2.33.